The SMILES string of the molecule is Cc1cccc(C(=O)Cc2cc(Oc3cc(-c4cccnc4)nc4c3ccn4C)ccc2C)c1. The van der Waals surface area contributed by atoms with E-state index in [1.165, 1.54) is 0 Å². The van der Waals surface area contributed by atoms with E-state index in [4.69, 9.17) is 9.72 Å². The summed E-state index contributed by atoms with van der Waals surface area (Å²) in [5.41, 5.74) is 6.36. The monoisotopic (exact) mass is 447 g/mol. The third-order valence-electron chi connectivity index (χ3n) is 6.00. The molecular weight excluding hydrogens is 422 g/mol. The number of rotatable bonds is 6. The number of hydrogen-bond donors (Lipinski definition) is 0. The molecule has 0 radical (unpaired) electrons. The van der Waals surface area contributed by atoms with Gasteiger partial charge < -0.3 is 9.30 Å². The molecule has 5 rings (SSSR count). The van der Waals surface area contributed by atoms with E-state index in [0.717, 1.165) is 44.5 Å². The lowest BCUT2D eigenvalue weighted by molar-refractivity contribution is 0.0992. The highest BCUT2D eigenvalue weighted by Crippen LogP contribution is 2.34. The van der Waals surface area contributed by atoms with Gasteiger partial charge in [0, 0.05) is 49.3 Å². The number of Topliss-reactive ketones (excluding diaryl/α,β-unsaturated/α-hetero) is 1. The summed E-state index contributed by atoms with van der Waals surface area (Å²) in [5.74, 6) is 1.49. The van der Waals surface area contributed by atoms with Gasteiger partial charge in [-0.25, -0.2) is 4.98 Å². The molecule has 0 amide bonds. The number of aryl methyl sites for hydroxylation is 3. The predicted octanol–water partition coefficient (Wildman–Crippen LogP) is 6.47. The zero-order chi connectivity index (χ0) is 23.7. The van der Waals surface area contributed by atoms with Crippen molar-refractivity contribution in [3.05, 3.63) is 108 Å². The average Bonchev–Trinajstić information content (AvgIpc) is 3.22. The largest absolute Gasteiger partial charge is 0.457 e. The Morgan fingerprint density at radius 3 is 2.68 bits per heavy atom. The fourth-order valence-electron chi connectivity index (χ4n) is 4.07. The molecule has 3 heterocycles. The molecule has 2 aromatic carbocycles. The number of pyridine rings is 2. The standard InChI is InChI=1S/C29H25N3O2/c1-19-6-4-7-21(14-19)27(33)16-23-15-24(10-9-20(23)2)34-28-17-26(22-8-5-12-30-18-22)31-29-25(28)11-13-32(29)3/h4-15,17-18H,16H2,1-3H3. The van der Waals surface area contributed by atoms with Gasteiger partial charge in [-0.2, -0.15) is 0 Å². The highest BCUT2D eigenvalue weighted by molar-refractivity contribution is 5.97. The molecule has 5 heteroatoms. The van der Waals surface area contributed by atoms with Gasteiger partial charge in [0.1, 0.15) is 17.1 Å². The van der Waals surface area contributed by atoms with Crippen LogP contribution in [0.25, 0.3) is 22.3 Å². The Morgan fingerprint density at radius 2 is 1.88 bits per heavy atom. The molecule has 34 heavy (non-hydrogen) atoms. The van der Waals surface area contributed by atoms with Crippen molar-refractivity contribution in [3.63, 3.8) is 0 Å². The van der Waals surface area contributed by atoms with Crippen molar-refractivity contribution in [1.29, 1.82) is 0 Å². The molecule has 0 saturated carbocycles. The summed E-state index contributed by atoms with van der Waals surface area (Å²) in [7, 11) is 1.97. The minimum absolute atomic E-state index is 0.0946. The normalized spacial score (nSPS) is 11.0. The second-order valence-electron chi connectivity index (χ2n) is 8.57. The zero-order valence-corrected chi connectivity index (χ0v) is 19.4. The molecule has 168 valence electrons. The van der Waals surface area contributed by atoms with Crippen molar-refractivity contribution in [2.75, 3.05) is 0 Å². The van der Waals surface area contributed by atoms with E-state index < -0.39 is 0 Å². The summed E-state index contributed by atoms with van der Waals surface area (Å²) in [4.78, 5) is 22.0. The van der Waals surface area contributed by atoms with E-state index in [1.54, 1.807) is 12.4 Å². The van der Waals surface area contributed by atoms with Gasteiger partial charge in [0.05, 0.1) is 11.1 Å². The quantitative estimate of drug-likeness (QED) is 0.280. The van der Waals surface area contributed by atoms with E-state index >= 15 is 0 Å². The van der Waals surface area contributed by atoms with E-state index in [0.29, 0.717) is 17.9 Å². The van der Waals surface area contributed by atoms with Gasteiger partial charge in [-0.15, -0.1) is 0 Å². The highest BCUT2D eigenvalue weighted by Gasteiger charge is 2.14. The van der Waals surface area contributed by atoms with Crippen LogP contribution < -0.4 is 4.74 Å². The Labute approximate surface area is 198 Å². The molecule has 0 saturated heterocycles. The van der Waals surface area contributed by atoms with E-state index in [1.807, 2.05) is 98.4 Å². The van der Waals surface area contributed by atoms with Crippen LogP contribution in [0.15, 0.2) is 85.3 Å². The lowest BCUT2D eigenvalue weighted by atomic mass is 9.98. The number of benzene rings is 2. The first-order chi connectivity index (χ1) is 16.5. The van der Waals surface area contributed by atoms with Crippen LogP contribution in [0.4, 0.5) is 0 Å². The molecule has 0 spiro atoms. The van der Waals surface area contributed by atoms with Gasteiger partial charge in [-0.05, 0) is 61.4 Å². The van der Waals surface area contributed by atoms with Crippen LogP contribution in [-0.4, -0.2) is 20.3 Å². The Balaban J connectivity index is 1.49. The molecule has 0 aliphatic rings. The molecule has 0 atom stereocenters. The van der Waals surface area contributed by atoms with Crippen LogP contribution in [0.1, 0.15) is 27.0 Å². The number of fused-ring (bicyclic) bond motifs is 1. The number of hydrogen-bond acceptors (Lipinski definition) is 4. The molecule has 0 bridgehead atoms. The van der Waals surface area contributed by atoms with E-state index in [-0.39, 0.29) is 5.78 Å². The van der Waals surface area contributed by atoms with Crippen LogP contribution in [0.2, 0.25) is 0 Å². The van der Waals surface area contributed by atoms with Crippen molar-refractivity contribution in [1.82, 2.24) is 14.5 Å². The van der Waals surface area contributed by atoms with Crippen molar-refractivity contribution < 1.29 is 9.53 Å². The van der Waals surface area contributed by atoms with Crippen LogP contribution >= 0.6 is 0 Å². The van der Waals surface area contributed by atoms with E-state index in [9.17, 15) is 4.79 Å². The van der Waals surface area contributed by atoms with Crippen molar-refractivity contribution in [2.24, 2.45) is 7.05 Å². The van der Waals surface area contributed by atoms with Gasteiger partial charge in [-0.3, -0.25) is 9.78 Å². The second kappa shape index (κ2) is 8.94. The summed E-state index contributed by atoms with van der Waals surface area (Å²) in [6, 6.07) is 21.4. The van der Waals surface area contributed by atoms with Crippen LogP contribution in [0, 0.1) is 13.8 Å². The minimum Gasteiger partial charge on any atom is -0.457 e. The highest BCUT2D eigenvalue weighted by atomic mass is 16.5. The summed E-state index contributed by atoms with van der Waals surface area (Å²) >= 11 is 0. The third-order valence-corrected chi connectivity index (χ3v) is 6.00. The van der Waals surface area contributed by atoms with Gasteiger partial charge in [0.2, 0.25) is 0 Å². The lowest BCUT2D eigenvalue weighted by Crippen LogP contribution is -2.05. The number of carbonyl (C=O) groups excluding carboxylic acids is 1. The van der Waals surface area contributed by atoms with Crippen molar-refractivity contribution in [2.45, 2.75) is 20.3 Å². The molecule has 0 aliphatic carbocycles. The summed E-state index contributed by atoms with van der Waals surface area (Å²) in [5, 5.41) is 0.924. The molecule has 0 aliphatic heterocycles. The van der Waals surface area contributed by atoms with Crippen LogP contribution in [-0.2, 0) is 13.5 Å². The molecule has 3 aromatic heterocycles. The predicted molar refractivity (Wildman–Crippen MR) is 134 cm³/mol. The van der Waals surface area contributed by atoms with Gasteiger partial charge in [0.25, 0.3) is 0 Å². The third kappa shape index (κ3) is 4.33. The van der Waals surface area contributed by atoms with Crippen molar-refractivity contribution in [3.8, 4) is 22.8 Å². The maximum absolute atomic E-state index is 12.9. The Hall–Kier alpha value is -4.25. The average molecular weight is 448 g/mol. The summed E-state index contributed by atoms with van der Waals surface area (Å²) in [6.45, 7) is 4.01. The van der Waals surface area contributed by atoms with E-state index in [2.05, 4.69) is 4.98 Å². The Kier molecular flexibility index (Phi) is 5.68. The van der Waals surface area contributed by atoms with Gasteiger partial charge >= 0.3 is 0 Å². The topological polar surface area (TPSA) is 57.0 Å². The first-order valence-electron chi connectivity index (χ1n) is 11.2. The summed E-state index contributed by atoms with van der Waals surface area (Å²) in [6.07, 6.45) is 5.83. The number of nitrogens with zero attached hydrogens (tertiary/aromatic N) is 3. The minimum atomic E-state index is 0.0946. The first kappa shape index (κ1) is 21.6. The maximum Gasteiger partial charge on any atom is 0.167 e. The molecule has 0 fully saturated rings. The molecule has 5 nitrogen and oxygen atoms in total. The fraction of sp³-hybridized carbons (Fsp3) is 0.138. The van der Waals surface area contributed by atoms with Crippen LogP contribution in [0.5, 0.6) is 11.5 Å². The number of carbonyl (C=O) groups is 1. The smallest absolute Gasteiger partial charge is 0.167 e. The number of ether oxygens (including phenoxy) is 1. The van der Waals surface area contributed by atoms with Crippen LogP contribution in [0.3, 0.4) is 0 Å². The maximum atomic E-state index is 12.9. The first-order valence-corrected chi connectivity index (χ1v) is 11.2. The molecule has 0 unspecified atom stereocenters. The van der Waals surface area contributed by atoms with Gasteiger partial charge in [0.15, 0.2) is 5.78 Å². The Bertz CT molecular complexity index is 1500. The molecule has 5 aromatic rings. The molecular formula is C29H25N3O2. The lowest BCUT2D eigenvalue weighted by Gasteiger charge is -2.13. The Morgan fingerprint density at radius 1 is 1.00 bits per heavy atom. The number of ketones is 1. The van der Waals surface area contributed by atoms with Crippen molar-refractivity contribution >= 4 is 16.8 Å². The zero-order valence-electron chi connectivity index (χ0n) is 19.4. The second-order valence-corrected chi connectivity index (χ2v) is 8.57. The fourth-order valence-corrected chi connectivity index (χ4v) is 4.07. The molecule has 0 N–H and O–H groups in total. The number of aromatic nitrogens is 3. The summed E-state index contributed by atoms with van der Waals surface area (Å²) < 4.78 is 8.36. The van der Waals surface area contributed by atoms with Gasteiger partial charge in [-0.1, -0.05) is 29.8 Å².